The number of nitriles is 1. The first-order valence-electron chi connectivity index (χ1n) is 6.73. The van der Waals surface area contributed by atoms with Crippen molar-refractivity contribution in [2.24, 2.45) is 4.99 Å². The van der Waals surface area contributed by atoms with Crippen molar-refractivity contribution in [1.29, 1.82) is 5.26 Å². The lowest BCUT2D eigenvalue weighted by Crippen LogP contribution is -1.92. The van der Waals surface area contributed by atoms with E-state index in [0.717, 1.165) is 24.8 Å². The van der Waals surface area contributed by atoms with Crippen LogP contribution in [0.15, 0.2) is 17.1 Å². The van der Waals surface area contributed by atoms with Gasteiger partial charge in [-0.05, 0) is 30.9 Å². The van der Waals surface area contributed by atoms with Gasteiger partial charge in [0, 0.05) is 22.7 Å². The molecule has 1 heterocycles. The summed E-state index contributed by atoms with van der Waals surface area (Å²) in [5.74, 6) is 0. The Balaban J connectivity index is 2.00. The summed E-state index contributed by atoms with van der Waals surface area (Å²) in [4.78, 5) is 15.9. The molecule has 0 spiro atoms. The number of rotatable bonds is 3. The van der Waals surface area contributed by atoms with Crippen LogP contribution in [0.3, 0.4) is 0 Å². The second kappa shape index (κ2) is 6.28. The SMILES string of the molecule is N#Cc1c(/N=C/c2cc([N+](=O)[O-])c(Cl)cc2Cl)sc2c1CCC2. The molecule has 23 heavy (non-hydrogen) atoms. The zero-order valence-corrected chi connectivity index (χ0v) is 14.0. The minimum absolute atomic E-state index is 0.0232. The van der Waals surface area contributed by atoms with Crippen LogP contribution >= 0.6 is 34.5 Å². The third kappa shape index (κ3) is 2.95. The molecule has 1 aromatic carbocycles. The van der Waals surface area contributed by atoms with Crippen molar-refractivity contribution < 1.29 is 4.92 Å². The van der Waals surface area contributed by atoms with E-state index < -0.39 is 4.92 Å². The Labute approximate surface area is 145 Å². The van der Waals surface area contributed by atoms with Crippen LogP contribution in [-0.2, 0) is 12.8 Å². The van der Waals surface area contributed by atoms with Gasteiger partial charge < -0.3 is 0 Å². The number of benzene rings is 1. The van der Waals surface area contributed by atoms with E-state index in [0.29, 0.717) is 16.1 Å². The normalized spacial score (nSPS) is 13.3. The van der Waals surface area contributed by atoms with Crippen LogP contribution in [-0.4, -0.2) is 11.1 Å². The van der Waals surface area contributed by atoms with E-state index >= 15 is 0 Å². The fourth-order valence-electron chi connectivity index (χ4n) is 2.52. The van der Waals surface area contributed by atoms with E-state index in [2.05, 4.69) is 11.1 Å². The Hall–Kier alpha value is -1.94. The molecule has 0 aliphatic heterocycles. The minimum Gasteiger partial charge on any atom is -0.258 e. The zero-order chi connectivity index (χ0) is 16.6. The number of aliphatic imine (C=N–C) groups is 1. The smallest absolute Gasteiger partial charge is 0.258 e. The van der Waals surface area contributed by atoms with E-state index in [4.69, 9.17) is 23.2 Å². The van der Waals surface area contributed by atoms with Crippen LogP contribution in [0, 0.1) is 21.4 Å². The minimum atomic E-state index is -0.573. The molecule has 1 aliphatic carbocycles. The van der Waals surface area contributed by atoms with E-state index in [-0.39, 0.29) is 15.7 Å². The molecule has 0 atom stereocenters. The van der Waals surface area contributed by atoms with Gasteiger partial charge in [-0.1, -0.05) is 23.2 Å². The summed E-state index contributed by atoms with van der Waals surface area (Å²) < 4.78 is 0. The van der Waals surface area contributed by atoms with Crippen LogP contribution in [0.1, 0.15) is 28.0 Å². The van der Waals surface area contributed by atoms with Crippen LogP contribution in [0.4, 0.5) is 10.7 Å². The van der Waals surface area contributed by atoms with E-state index in [9.17, 15) is 15.4 Å². The Kier molecular flexibility index (Phi) is 4.35. The van der Waals surface area contributed by atoms with Gasteiger partial charge in [0.15, 0.2) is 0 Å². The molecule has 0 fully saturated rings. The number of thiophene rings is 1. The first kappa shape index (κ1) is 15.9. The van der Waals surface area contributed by atoms with Gasteiger partial charge in [-0.3, -0.25) is 10.1 Å². The van der Waals surface area contributed by atoms with Gasteiger partial charge in [0.25, 0.3) is 5.69 Å². The van der Waals surface area contributed by atoms with Crippen molar-refractivity contribution in [3.05, 3.63) is 53.9 Å². The highest BCUT2D eigenvalue weighted by Crippen LogP contribution is 2.40. The number of fused-ring (bicyclic) bond motifs is 1. The second-order valence-electron chi connectivity index (χ2n) is 4.99. The van der Waals surface area contributed by atoms with Gasteiger partial charge in [-0.15, -0.1) is 11.3 Å². The molecule has 8 heteroatoms. The summed E-state index contributed by atoms with van der Waals surface area (Å²) in [6.07, 6.45) is 4.37. The van der Waals surface area contributed by atoms with Gasteiger partial charge in [0.05, 0.1) is 15.5 Å². The number of aryl methyl sites for hydroxylation is 1. The van der Waals surface area contributed by atoms with Crippen molar-refractivity contribution in [3.63, 3.8) is 0 Å². The average Bonchev–Trinajstić information content (AvgIpc) is 3.06. The lowest BCUT2D eigenvalue weighted by atomic mass is 10.1. The highest BCUT2D eigenvalue weighted by Gasteiger charge is 2.22. The fraction of sp³-hybridized carbons (Fsp3) is 0.200. The molecule has 0 amide bonds. The summed E-state index contributed by atoms with van der Waals surface area (Å²) in [6.45, 7) is 0. The quantitative estimate of drug-likeness (QED) is 0.432. The standard InChI is InChI=1S/C15H9Cl2N3O2S/c16-11-5-12(17)13(20(21)22)4-8(11)7-19-15-10(6-18)9-2-1-3-14(9)23-15/h4-5,7H,1-3H2/b19-7+. The Morgan fingerprint density at radius 3 is 2.83 bits per heavy atom. The molecule has 116 valence electrons. The second-order valence-corrected chi connectivity index (χ2v) is 6.89. The molecule has 1 aliphatic rings. The molecule has 2 aromatic rings. The number of hydrogen-bond donors (Lipinski definition) is 0. The van der Waals surface area contributed by atoms with Gasteiger partial charge >= 0.3 is 0 Å². The van der Waals surface area contributed by atoms with Gasteiger partial charge in [-0.2, -0.15) is 5.26 Å². The molecular formula is C15H9Cl2N3O2S. The van der Waals surface area contributed by atoms with Crippen LogP contribution < -0.4 is 0 Å². The van der Waals surface area contributed by atoms with Crippen molar-refractivity contribution in [2.75, 3.05) is 0 Å². The number of hydrogen-bond acceptors (Lipinski definition) is 5. The molecule has 1 aromatic heterocycles. The van der Waals surface area contributed by atoms with Crippen LogP contribution in [0.25, 0.3) is 0 Å². The average molecular weight is 366 g/mol. The molecule has 0 unspecified atom stereocenters. The van der Waals surface area contributed by atoms with Crippen molar-refractivity contribution in [3.8, 4) is 6.07 Å². The molecule has 0 radical (unpaired) electrons. The van der Waals surface area contributed by atoms with E-state index in [1.54, 1.807) is 0 Å². The van der Waals surface area contributed by atoms with Crippen LogP contribution in [0.2, 0.25) is 10.0 Å². The molecule has 0 N–H and O–H groups in total. The lowest BCUT2D eigenvalue weighted by Gasteiger charge is -2.00. The lowest BCUT2D eigenvalue weighted by molar-refractivity contribution is -0.384. The first-order valence-corrected chi connectivity index (χ1v) is 8.30. The Morgan fingerprint density at radius 2 is 2.13 bits per heavy atom. The topological polar surface area (TPSA) is 79.3 Å². The Bertz CT molecular complexity index is 884. The van der Waals surface area contributed by atoms with Crippen LogP contribution in [0.5, 0.6) is 0 Å². The molecule has 0 saturated heterocycles. The number of nitrogens with zero attached hydrogens (tertiary/aromatic N) is 3. The predicted molar refractivity (Wildman–Crippen MR) is 91.4 cm³/mol. The number of nitro groups is 1. The van der Waals surface area contributed by atoms with E-state index in [1.165, 1.54) is 34.6 Å². The number of nitro benzene ring substituents is 1. The molecule has 5 nitrogen and oxygen atoms in total. The highest BCUT2D eigenvalue weighted by molar-refractivity contribution is 7.16. The summed E-state index contributed by atoms with van der Waals surface area (Å²) >= 11 is 13.3. The van der Waals surface area contributed by atoms with Crippen molar-refractivity contribution in [2.45, 2.75) is 19.3 Å². The van der Waals surface area contributed by atoms with Gasteiger partial charge in [0.2, 0.25) is 0 Å². The number of halogens is 2. The highest BCUT2D eigenvalue weighted by atomic mass is 35.5. The van der Waals surface area contributed by atoms with Crippen molar-refractivity contribution >= 4 is 51.4 Å². The maximum atomic E-state index is 10.9. The van der Waals surface area contributed by atoms with Crippen molar-refractivity contribution in [1.82, 2.24) is 0 Å². The predicted octanol–water partition coefficient (Wildman–Crippen LogP) is 5.07. The first-order chi connectivity index (χ1) is 11.0. The van der Waals surface area contributed by atoms with Gasteiger partial charge in [-0.25, -0.2) is 4.99 Å². The summed E-state index contributed by atoms with van der Waals surface area (Å²) in [5, 5.41) is 21.1. The molecular weight excluding hydrogens is 357 g/mol. The molecule has 0 saturated carbocycles. The van der Waals surface area contributed by atoms with Gasteiger partial charge in [0.1, 0.15) is 16.1 Å². The largest absolute Gasteiger partial charge is 0.288 e. The molecule has 3 rings (SSSR count). The zero-order valence-electron chi connectivity index (χ0n) is 11.7. The maximum Gasteiger partial charge on any atom is 0.288 e. The summed E-state index contributed by atoms with van der Waals surface area (Å²) in [7, 11) is 0. The summed E-state index contributed by atoms with van der Waals surface area (Å²) in [5.41, 5.74) is 1.84. The monoisotopic (exact) mass is 365 g/mol. The maximum absolute atomic E-state index is 10.9. The van der Waals surface area contributed by atoms with E-state index in [1.807, 2.05) is 0 Å². The third-order valence-corrected chi connectivity index (χ3v) is 5.43. The molecule has 0 bridgehead atoms. The fourth-order valence-corrected chi connectivity index (χ4v) is 4.20. The summed E-state index contributed by atoms with van der Waals surface area (Å²) in [6, 6.07) is 4.80. The third-order valence-electron chi connectivity index (χ3n) is 3.60. The Morgan fingerprint density at radius 1 is 1.35 bits per heavy atom.